The summed E-state index contributed by atoms with van der Waals surface area (Å²) in [5.41, 5.74) is 2.80. The highest BCUT2D eigenvalue weighted by atomic mass is 35.5. The molecule has 1 saturated heterocycles. The maximum absolute atomic E-state index is 6.22. The van der Waals surface area contributed by atoms with Crippen LogP contribution in [0.1, 0.15) is 30.0 Å². The number of halogens is 1. The molecular weight excluding hydrogens is 238 g/mol. The Bertz CT molecular complexity index is 388. The first-order valence-corrected chi connectivity index (χ1v) is 7.49. The van der Waals surface area contributed by atoms with E-state index < -0.39 is 0 Å². The van der Waals surface area contributed by atoms with Gasteiger partial charge in [-0.05, 0) is 42.2 Å². The van der Waals surface area contributed by atoms with Gasteiger partial charge in [0.15, 0.2) is 0 Å². The van der Waals surface area contributed by atoms with Crippen LogP contribution in [0.2, 0.25) is 5.02 Å². The van der Waals surface area contributed by atoms with Gasteiger partial charge in [-0.15, -0.1) is 0 Å². The molecule has 3 rings (SSSR count). The lowest BCUT2D eigenvalue weighted by Gasteiger charge is -2.19. The summed E-state index contributed by atoms with van der Waals surface area (Å²) in [6.45, 7) is 0. The van der Waals surface area contributed by atoms with Gasteiger partial charge in [-0.2, -0.15) is 11.8 Å². The first-order chi connectivity index (χ1) is 7.84. The number of benzene rings is 1. The molecule has 0 amide bonds. The quantitative estimate of drug-likeness (QED) is 0.867. The van der Waals surface area contributed by atoms with Crippen LogP contribution in [-0.2, 0) is 6.42 Å². The van der Waals surface area contributed by atoms with Gasteiger partial charge >= 0.3 is 0 Å². The van der Waals surface area contributed by atoms with E-state index in [-0.39, 0.29) is 0 Å². The molecule has 2 atom stereocenters. The normalized spacial score (nSPS) is 28.3. The lowest BCUT2D eigenvalue weighted by Crippen LogP contribution is -2.31. The summed E-state index contributed by atoms with van der Waals surface area (Å²) in [5, 5.41) is 4.73. The van der Waals surface area contributed by atoms with Gasteiger partial charge in [0.2, 0.25) is 0 Å². The number of thioether (sulfide) groups is 1. The van der Waals surface area contributed by atoms with E-state index in [2.05, 4.69) is 29.2 Å². The van der Waals surface area contributed by atoms with Crippen molar-refractivity contribution in [2.75, 3.05) is 11.5 Å². The lowest BCUT2D eigenvalue weighted by molar-refractivity contribution is 0.459. The summed E-state index contributed by atoms with van der Waals surface area (Å²) in [5.74, 6) is 2.58. The minimum Gasteiger partial charge on any atom is -0.306 e. The van der Waals surface area contributed by atoms with E-state index in [9.17, 15) is 0 Å². The summed E-state index contributed by atoms with van der Waals surface area (Å²) in [6.07, 6.45) is 3.66. The smallest absolute Gasteiger partial charge is 0.0441 e. The van der Waals surface area contributed by atoms with Gasteiger partial charge < -0.3 is 5.32 Å². The van der Waals surface area contributed by atoms with Gasteiger partial charge in [0.25, 0.3) is 0 Å². The largest absolute Gasteiger partial charge is 0.306 e. The minimum absolute atomic E-state index is 0.539. The van der Waals surface area contributed by atoms with Crippen molar-refractivity contribution in [1.29, 1.82) is 0 Å². The molecule has 0 aromatic heterocycles. The zero-order valence-electron chi connectivity index (χ0n) is 9.21. The Morgan fingerprint density at radius 2 is 2.25 bits per heavy atom. The average molecular weight is 254 g/mol. The van der Waals surface area contributed by atoms with Gasteiger partial charge in [0, 0.05) is 22.9 Å². The molecule has 16 heavy (non-hydrogen) atoms. The van der Waals surface area contributed by atoms with Crippen molar-refractivity contribution in [3.05, 3.63) is 34.3 Å². The Balaban J connectivity index is 1.78. The van der Waals surface area contributed by atoms with Gasteiger partial charge in [0.05, 0.1) is 0 Å². The second-order valence-electron chi connectivity index (χ2n) is 4.63. The summed E-state index contributed by atoms with van der Waals surface area (Å²) in [6, 6.07) is 7.56. The van der Waals surface area contributed by atoms with Gasteiger partial charge in [-0.1, -0.05) is 23.7 Å². The average Bonchev–Trinajstić information content (AvgIpc) is 2.90. The molecule has 0 saturated carbocycles. The zero-order chi connectivity index (χ0) is 11.0. The van der Waals surface area contributed by atoms with Crippen LogP contribution >= 0.6 is 23.4 Å². The molecule has 1 nitrogen and oxygen atoms in total. The molecule has 1 fully saturated rings. The number of nitrogens with one attached hydrogen (secondary N) is 1. The fraction of sp³-hybridized carbons (Fsp3) is 0.538. The highest BCUT2D eigenvalue weighted by molar-refractivity contribution is 7.99. The zero-order valence-corrected chi connectivity index (χ0v) is 10.8. The maximum Gasteiger partial charge on any atom is 0.0441 e. The lowest BCUT2D eigenvalue weighted by atomic mass is 10.1. The van der Waals surface area contributed by atoms with Crippen LogP contribution in [0.25, 0.3) is 0 Å². The first kappa shape index (κ1) is 10.9. The van der Waals surface area contributed by atoms with Crippen molar-refractivity contribution in [2.24, 2.45) is 0 Å². The summed E-state index contributed by atoms with van der Waals surface area (Å²) < 4.78 is 0. The van der Waals surface area contributed by atoms with Crippen molar-refractivity contribution in [3.63, 3.8) is 0 Å². The van der Waals surface area contributed by atoms with E-state index in [0.29, 0.717) is 12.1 Å². The molecule has 1 heterocycles. The van der Waals surface area contributed by atoms with Crippen LogP contribution in [0.5, 0.6) is 0 Å². The Hall–Kier alpha value is -0.180. The maximum atomic E-state index is 6.22. The number of hydrogen-bond acceptors (Lipinski definition) is 2. The molecule has 1 aromatic carbocycles. The van der Waals surface area contributed by atoms with Crippen molar-refractivity contribution >= 4 is 23.4 Å². The van der Waals surface area contributed by atoms with Gasteiger partial charge in [-0.3, -0.25) is 0 Å². The Morgan fingerprint density at radius 3 is 3.06 bits per heavy atom. The van der Waals surface area contributed by atoms with Crippen molar-refractivity contribution < 1.29 is 0 Å². The molecule has 2 aliphatic rings. The van der Waals surface area contributed by atoms with E-state index in [1.807, 2.05) is 6.07 Å². The van der Waals surface area contributed by atoms with E-state index >= 15 is 0 Å². The van der Waals surface area contributed by atoms with E-state index in [0.717, 1.165) is 11.4 Å². The van der Waals surface area contributed by atoms with Gasteiger partial charge in [0.1, 0.15) is 0 Å². The molecule has 1 aliphatic heterocycles. The first-order valence-electron chi connectivity index (χ1n) is 5.95. The molecule has 1 aromatic rings. The predicted molar refractivity (Wildman–Crippen MR) is 71.4 cm³/mol. The van der Waals surface area contributed by atoms with Crippen LogP contribution in [0, 0.1) is 0 Å². The van der Waals surface area contributed by atoms with Crippen LogP contribution in [-0.4, -0.2) is 17.5 Å². The van der Waals surface area contributed by atoms with Crippen LogP contribution < -0.4 is 5.32 Å². The van der Waals surface area contributed by atoms with Crippen LogP contribution in [0.4, 0.5) is 0 Å². The predicted octanol–water partition coefficient (Wildman–Crippen LogP) is 3.42. The number of fused-ring (bicyclic) bond motifs is 1. The molecule has 3 heteroatoms. The second-order valence-corrected chi connectivity index (χ2v) is 6.18. The standard InChI is InChI=1S/C13H16ClNS/c14-12-3-1-2-11-10(12)4-5-13(11)15-9-6-7-16-8-9/h1-3,9,13,15H,4-8H2. The van der Waals surface area contributed by atoms with Crippen molar-refractivity contribution in [1.82, 2.24) is 5.32 Å². The SMILES string of the molecule is Clc1cccc2c1CCC2NC1CCSC1. The van der Waals surface area contributed by atoms with E-state index in [4.69, 9.17) is 11.6 Å². The summed E-state index contributed by atoms with van der Waals surface area (Å²) >= 11 is 8.28. The number of hydrogen-bond donors (Lipinski definition) is 1. The molecule has 0 spiro atoms. The Kier molecular flexibility index (Phi) is 3.14. The molecular formula is C13H16ClNS. The van der Waals surface area contributed by atoms with E-state index in [1.165, 1.54) is 35.5 Å². The third-order valence-corrected chi connectivity index (χ3v) is 5.10. The molecule has 1 N–H and O–H groups in total. The summed E-state index contributed by atoms with van der Waals surface area (Å²) in [7, 11) is 0. The van der Waals surface area contributed by atoms with E-state index in [1.54, 1.807) is 0 Å². The molecule has 1 aliphatic carbocycles. The van der Waals surface area contributed by atoms with Crippen molar-refractivity contribution in [3.8, 4) is 0 Å². The number of rotatable bonds is 2. The highest BCUT2D eigenvalue weighted by Crippen LogP contribution is 2.36. The van der Waals surface area contributed by atoms with Crippen LogP contribution in [0.3, 0.4) is 0 Å². The second kappa shape index (κ2) is 4.59. The Labute approximate surface area is 106 Å². The molecule has 0 bridgehead atoms. The minimum atomic E-state index is 0.539. The topological polar surface area (TPSA) is 12.0 Å². The third-order valence-electron chi connectivity index (χ3n) is 3.58. The molecule has 2 unspecified atom stereocenters. The fourth-order valence-electron chi connectivity index (χ4n) is 2.73. The highest BCUT2D eigenvalue weighted by Gasteiger charge is 2.27. The van der Waals surface area contributed by atoms with Crippen LogP contribution in [0.15, 0.2) is 18.2 Å². The fourth-order valence-corrected chi connectivity index (χ4v) is 4.17. The third kappa shape index (κ3) is 1.99. The Morgan fingerprint density at radius 1 is 1.31 bits per heavy atom. The monoisotopic (exact) mass is 253 g/mol. The molecule has 86 valence electrons. The van der Waals surface area contributed by atoms with Gasteiger partial charge in [-0.25, -0.2) is 0 Å². The molecule has 0 radical (unpaired) electrons. The summed E-state index contributed by atoms with van der Waals surface area (Å²) in [4.78, 5) is 0. The van der Waals surface area contributed by atoms with Crippen molar-refractivity contribution in [2.45, 2.75) is 31.3 Å².